The summed E-state index contributed by atoms with van der Waals surface area (Å²) in [5.74, 6) is 0.471. The molecule has 0 aliphatic carbocycles. The highest BCUT2D eigenvalue weighted by molar-refractivity contribution is 6.35. The zero-order valence-corrected chi connectivity index (χ0v) is 17.4. The van der Waals surface area contributed by atoms with Crippen LogP contribution >= 0.6 is 0 Å². The van der Waals surface area contributed by atoms with Crippen molar-refractivity contribution in [2.24, 2.45) is 0 Å². The summed E-state index contributed by atoms with van der Waals surface area (Å²) < 4.78 is 21.0. The van der Waals surface area contributed by atoms with Crippen molar-refractivity contribution in [1.82, 2.24) is 9.80 Å². The summed E-state index contributed by atoms with van der Waals surface area (Å²) in [4.78, 5) is 29.8. The summed E-state index contributed by atoms with van der Waals surface area (Å²) >= 11 is 0. The molecule has 0 bridgehead atoms. The fourth-order valence-corrected chi connectivity index (χ4v) is 3.31. The largest absolute Gasteiger partial charge is 0.497 e. The van der Waals surface area contributed by atoms with E-state index in [4.69, 9.17) is 18.6 Å². The first-order valence-electron chi connectivity index (χ1n) is 9.60. The maximum Gasteiger partial charge on any atom is 0.278 e. The molecule has 8 heteroatoms. The Hall–Kier alpha value is -3.10. The Labute approximate surface area is 175 Å². The first-order chi connectivity index (χ1) is 14.6. The minimum atomic E-state index is -0.366. The van der Waals surface area contributed by atoms with Crippen molar-refractivity contribution in [1.29, 1.82) is 0 Å². The number of ether oxygens (including phenoxy) is 3. The van der Waals surface area contributed by atoms with Crippen LogP contribution in [0, 0.1) is 0 Å². The lowest BCUT2D eigenvalue weighted by Crippen LogP contribution is -2.37. The SMILES string of the molecule is COCCN(CCOC)C1=C(c2ccc(OC)cc2)C(=O)N(Cc2ccco2)C1=O. The van der Waals surface area contributed by atoms with E-state index in [1.54, 1.807) is 57.7 Å². The number of hydrogen-bond acceptors (Lipinski definition) is 7. The Morgan fingerprint density at radius 1 is 0.933 bits per heavy atom. The van der Waals surface area contributed by atoms with Gasteiger partial charge in [0.15, 0.2) is 0 Å². The Morgan fingerprint density at radius 3 is 2.13 bits per heavy atom. The van der Waals surface area contributed by atoms with E-state index in [-0.39, 0.29) is 18.4 Å². The molecule has 1 aromatic carbocycles. The Bertz CT molecular complexity index is 881. The average Bonchev–Trinajstić information content (AvgIpc) is 3.36. The van der Waals surface area contributed by atoms with Crippen molar-refractivity contribution >= 4 is 17.4 Å². The third-order valence-corrected chi connectivity index (χ3v) is 4.86. The summed E-state index contributed by atoms with van der Waals surface area (Å²) in [6.45, 7) is 1.77. The molecular formula is C22H26N2O6. The molecule has 1 aromatic heterocycles. The predicted molar refractivity (Wildman–Crippen MR) is 110 cm³/mol. The van der Waals surface area contributed by atoms with Gasteiger partial charge in [-0.2, -0.15) is 0 Å². The summed E-state index contributed by atoms with van der Waals surface area (Å²) in [7, 11) is 4.77. The summed E-state index contributed by atoms with van der Waals surface area (Å²) in [6.07, 6.45) is 1.52. The van der Waals surface area contributed by atoms with Crippen molar-refractivity contribution < 1.29 is 28.2 Å². The van der Waals surface area contributed by atoms with Crippen molar-refractivity contribution in [2.75, 3.05) is 47.6 Å². The van der Waals surface area contributed by atoms with Crippen LogP contribution in [0.15, 0.2) is 52.8 Å². The Balaban J connectivity index is 2.03. The minimum Gasteiger partial charge on any atom is -0.497 e. The average molecular weight is 414 g/mol. The molecule has 30 heavy (non-hydrogen) atoms. The molecule has 0 N–H and O–H groups in total. The molecule has 1 aliphatic heterocycles. The number of furan rings is 1. The maximum absolute atomic E-state index is 13.4. The van der Waals surface area contributed by atoms with Gasteiger partial charge in [0, 0.05) is 27.3 Å². The van der Waals surface area contributed by atoms with Gasteiger partial charge in [0.25, 0.3) is 11.8 Å². The number of methoxy groups -OCH3 is 3. The molecule has 2 aromatic rings. The Kier molecular flexibility index (Phi) is 7.26. The maximum atomic E-state index is 13.4. The molecule has 0 spiro atoms. The molecule has 1 aliphatic rings. The minimum absolute atomic E-state index is 0.0657. The summed E-state index contributed by atoms with van der Waals surface area (Å²) in [5, 5.41) is 0. The molecule has 0 saturated heterocycles. The monoisotopic (exact) mass is 414 g/mol. The van der Waals surface area contributed by atoms with E-state index in [2.05, 4.69) is 0 Å². The second kappa shape index (κ2) is 10.1. The van der Waals surface area contributed by atoms with Gasteiger partial charge in [-0.25, -0.2) is 0 Å². The third-order valence-electron chi connectivity index (χ3n) is 4.86. The van der Waals surface area contributed by atoms with Crippen molar-refractivity contribution in [3.05, 3.63) is 59.7 Å². The lowest BCUT2D eigenvalue weighted by Gasteiger charge is -2.25. The van der Waals surface area contributed by atoms with E-state index in [9.17, 15) is 9.59 Å². The molecule has 0 fully saturated rings. The van der Waals surface area contributed by atoms with Gasteiger partial charge in [0.1, 0.15) is 17.2 Å². The van der Waals surface area contributed by atoms with Gasteiger partial charge in [0.2, 0.25) is 0 Å². The molecule has 2 heterocycles. The van der Waals surface area contributed by atoms with Gasteiger partial charge in [-0.1, -0.05) is 12.1 Å². The van der Waals surface area contributed by atoms with Crippen molar-refractivity contribution in [2.45, 2.75) is 6.54 Å². The second-order valence-electron chi connectivity index (χ2n) is 6.70. The predicted octanol–water partition coefficient (Wildman–Crippen LogP) is 2.16. The summed E-state index contributed by atoms with van der Waals surface area (Å²) in [6, 6.07) is 10.5. The molecule has 8 nitrogen and oxygen atoms in total. The number of hydrogen-bond donors (Lipinski definition) is 0. The highest BCUT2D eigenvalue weighted by Gasteiger charge is 2.41. The lowest BCUT2D eigenvalue weighted by atomic mass is 10.0. The first kappa shape index (κ1) is 21.6. The van der Waals surface area contributed by atoms with Crippen LogP contribution in [0.1, 0.15) is 11.3 Å². The molecular weight excluding hydrogens is 388 g/mol. The Morgan fingerprint density at radius 2 is 1.60 bits per heavy atom. The van der Waals surface area contributed by atoms with Crippen LogP contribution in [0.3, 0.4) is 0 Å². The molecule has 0 radical (unpaired) electrons. The number of rotatable bonds is 11. The normalized spacial score (nSPS) is 14.0. The molecule has 0 unspecified atom stereocenters. The van der Waals surface area contributed by atoms with E-state index < -0.39 is 0 Å². The van der Waals surface area contributed by atoms with Gasteiger partial charge in [-0.15, -0.1) is 0 Å². The van der Waals surface area contributed by atoms with Crippen LogP contribution in [0.25, 0.3) is 5.57 Å². The van der Waals surface area contributed by atoms with Crippen LogP contribution in [0.4, 0.5) is 0 Å². The fraction of sp³-hybridized carbons (Fsp3) is 0.364. The third kappa shape index (κ3) is 4.55. The molecule has 0 saturated carbocycles. The molecule has 3 rings (SSSR count). The number of benzene rings is 1. The number of imide groups is 1. The highest BCUT2D eigenvalue weighted by Crippen LogP contribution is 2.33. The quantitative estimate of drug-likeness (QED) is 0.521. The molecule has 2 amide bonds. The van der Waals surface area contributed by atoms with Gasteiger partial charge in [-0.3, -0.25) is 14.5 Å². The topological polar surface area (TPSA) is 81.4 Å². The standard InChI is InChI=1S/C22H26N2O6/c1-27-13-10-23(11-14-28-2)20-19(16-6-8-17(29-3)9-7-16)21(25)24(22(20)26)15-18-5-4-12-30-18/h4-9,12H,10-11,13-15H2,1-3H3. The second-order valence-corrected chi connectivity index (χ2v) is 6.70. The van der Waals surface area contributed by atoms with Crippen LogP contribution in [0.2, 0.25) is 0 Å². The van der Waals surface area contributed by atoms with Crippen molar-refractivity contribution in [3.8, 4) is 5.75 Å². The van der Waals surface area contributed by atoms with E-state index in [0.29, 0.717) is 54.6 Å². The smallest absolute Gasteiger partial charge is 0.278 e. The van der Waals surface area contributed by atoms with E-state index in [1.165, 1.54) is 11.2 Å². The number of carbonyl (C=O) groups is 2. The fourth-order valence-electron chi connectivity index (χ4n) is 3.31. The molecule has 160 valence electrons. The number of carbonyl (C=O) groups excluding carboxylic acids is 2. The van der Waals surface area contributed by atoms with Gasteiger partial charge in [0.05, 0.1) is 38.7 Å². The van der Waals surface area contributed by atoms with Gasteiger partial charge >= 0.3 is 0 Å². The van der Waals surface area contributed by atoms with Gasteiger partial charge in [-0.05, 0) is 29.8 Å². The molecule has 0 atom stereocenters. The lowest BCUT2D eigenvalue weighted by molar-refractivity contribution is -0.138. The zero-order chi connectivity index (χ0) is 21.5. The van der Waals surface area contributed by atoms with Crippen LogP contribution < -0.4 is 4.74 Å². The van der Waals surface area contributed by atoms with Crippen LogP contribution in [-0.2, 0) is 25.6 Å². The zero-order valence-electron chi connectivity index (χ0n) is 17.4. The highest BCUT2D eigenvalue weighted by atomic mass is 16.5. The van der Waals surface area contributed by atoms with E-state index in [0.717, 1.165) is 0 Å². The number of amides is 2. The van der Waals surface area contributed by atoms with E-state index in [1.807, 2.05) is 4.90 Å². The van der Waals surface area contributed by atoms with Crippen LogP contribution in [-0.4, -0.2) is 69.2 Å². The summed E-state index contributed by atoms with van der Waals surface area (Å²) in [5.41, 5.74) is 1.33. The first-order valence-corrected chi connectivity index (χ1v) is 9.60. The van der Waals surface area contributed by atoms with Gasteiger partial charge < -0.3 is 23.5 Å². The van der Waals surface area contributed by atoms with Crippen LogP contribution in [0.5, 0.6) is 5.75 Å². The van der Waals surface area contributed by atoms with Crippen molar-refractivity contribution in [3.63, 3.8) is 0 Å². The number of nitrogens with zero attached hydrogens (tertiary/aromatic N) is 2. The van der Waals surface area contributed by atoms with E-state index >= 15 is 0 Å².